The van der Waals surface area contributed by atoms with Crippen LogP contribution in [0, 0.1) is 0 Å². The maximum Gasteiger partial charge on any atom is 0.220 e. The van der Waals surface area contributed by atoms with Crippen LogP contribution in [0.1, 0.15) is 96.8 Å². The fourth-order valence-electron chi connectivity index (χ4n) is 2.81. The predicted molar refractivity (Wildman–Crippen MR) is 102 cm³/mol. The highest BCUT2D eigenvalue weighted by Gasteiger charge is 2.00. The summed E-state index contributed by atoms with van der Waals surface area (Å²) in [5, 5.41) is 2.98. The summed E-state index contributed by atoms with van der Waals surface area (Å²) in [5.74, 6) is 0.218. The molecule has 23 heavy (non-hydrogen) atoms. The fourth-order valence-corrected chi connectivity index (χ4v) is 2.81. The first-order valence-electron chi connectivity index (χ1n) is 10.1. The molecule has 0 unspecified atom stereocenters. The normalized spacial score (nSPS) is 11.1. The minimum atomic E-state index is 0.218. The molecule has 0 aliphatic rings. The van der Waals surface area contributed by atoms with Gasteiger partial charge in [-0.2, -0.15) is 0 Å². The molecule has 0 atom stereocenters. The third-order valence-corrected chi connectivity index (χ3v) is 4.39. The summed E-state index contributed by atoms with van der Waals surface area (Å²) >= 11 is 0. The number of amides is 1. The minimum absolute atomic E-state index is 0.218. The molecule has 0 saturated carbocycles. The average molecular weight is 327 g/mol. The van der Waals surface area contributed by atoms with E-state index in [1.807, 2.05) is 14.1 Å². The smallest absolute Gasteiger partial charge is 0.220 e. The summed E-state index contributed by atoms with van der Waals surface area (Å²) in [6.07, 6.45) is 18.3. The molecule has 0 spiro atoms. The summed E-state index contributed by atoms with van der Waals surface area (Å²) in [6, 6.07) is 0. The molecule has 0 aromatic heterocycles. The molecule has 0 aliphatic carbocycles. The molecular weight excluding hydrogens is 284 g/mol. The van der Waals surface area contributed by atoms with Gasteiger partial charge in [0.25, 0.3) is 0 Å². The fraction of sp³-hybridized carbons (Fsp3) is 0.950. The van der Waals surface area contributed by atoms with E-state index in [0.29, 0.717) is 6.42 Å². The Morgan fingerprint density at radius 2 is 1.17 bits per heavy atom. The van der Waals surface area contributed by atoms with Crippen molar-refractivity contribution in [1.29, 1.82) is 0 Å². The second kappa shape index (κ2) is 17.8. The molecule has 0 bridgehead atoms. The van der Waals surface area contributed by atoms with Crippen LogP contribution < -0.4 is 5.32 Å². The number of hydrogen-bond donors (Lipinski definition) is 1. The highest BCUT2D eigenvalue weighted by atomic mass is 16.1. The highest BCUT2D eigenvalue weighted by molar-refractivity contribution is 5.75. The Bertz CT molecular complexity index is 254. The van der Waals surface area contributed by atoms with Crippen LogP contribution in [0.5, 0.6) is 0 Å². The van der Waals surface area contributed by atoms with E-state index in [4.69, 9.17) is 0 Å². The van der Waals surface area contributed by atoms with E-state index < -0.39 is 0 Å². The van der Waals surface area contributed by atoms with E-state index in [2.05, 4.69) is 17.1 Å². The van der Waals surface area contributed by atoms with Gasteiger partial charge in [0.2, 0.25) is 5.91 Å². The lowest BCUT2D eigenvalue weighted by molar-refractivity contribution is -0.121. The van der Waals surface area contributed by atoms with Gasteiger partial charge in [0.15, 0.2) is 0 Å². The van der Waals surface area contributed by atoms with Crippen LogP contribution in [0.2, 0.25) is 0 Å². The SMILES string of the molecule is CCCCCCCCCCCCCCCC(=O)NCCN(C)C. The van der Waals surface area contributed by atoms with E-state index in [1.54, 1.807) is 0 Å². The van der Waals surface area contributed by atoms with Gasteiger partial charge in [0.1, 0.15) is 0 Å². The number of rotatable bonds is 17. The van der Waals surface area contributed by atoms with E-state index in [0.717, 1.165) is 19.5 Å². The summed E-state index contributed by atoms with van der Waals surface area (Å²) in [7, 11) is 4.05. The molecule has 0 radical (unpaired) electrons. The Morgan fingerprint density at radius 3 is 1.61 bits per heavy atom. The van der Waals surface area contributed by atoms with Crippen LogP contribution in [-0.2, 0) is 4.79 Å². The van der Waals surface area contributed by atoms with Crippen molar-refractivity contribution >= 4 is 5.91 Å². The molecule has 0 aromatic carbocycles. The maximum atomic E-state index is 11.6. The number of nitrogens with one attached hydrogen (secondary N) is 1. The van der Waals surface area contributed by atoms with Gasteiger partial charge in [0.05, 0.1) is 0 Å². The van der Waals surface area contributed by atoms with Crippen molar-refractivity contribution in [2.75, 3.05) is 27.2 Å². The van der Waals surface area contributed by atoms with Crippen molar-refractivity contribution in [3.8, 4) is 0 Å². The summed E-state index contributed by atoms with van der Waals surface area (Å²) < 4.78 is 0. The van der Waals surface area contributed by atoms with Gasteiger partial charge in [-0.05, 0) is 20.5 Å². The molecule has 138 valence electrons. The minimum Gasteiger partial charge on any atom is -0.355 e. The van der Waals surface area contributed by atoms with Gasteiger partial charge in [-0.15, -0.1) is 0 Å². The van der Waals surface area contributed by atoms with Gasteiger partial charge in [-0.3, -0.25) is 4.79 Å². The zero-order chi connectivity index (χ0) is 17.2. The molecule has 3 nitrogen and oxygen atoms in total. The third kappa shape index (κ3) is 19.4. The van der Waals surface area contributed by atoms with Crippen LogP contribution in [0.15, 0.2) is 0 Å². The summed E-state index contributed by atoms with van der Waals surface area (Å²) in [6.45, 7) is 3.96. The molecular formula is C20H42N2O. The van der Waals surface area contributed by atoms with Crippen LogP contribution >= 0.6 is 0 Å². The molecule has 0 rings (SSSR count). The molecule has 1 N–H and O–H groups in total. The van der Waals surface area contributed by atoms with Crippen LogP contribution in [-0.4, -0.2) is 38.0 Å². The van der Waals surface area contributed by atoms with Crippen LogP contribution in [0.4, 0.5) is 0 Å². The van der Waals surface area contributed by atoms with E-state index in [9.17, 15) is 4.79 Å². The monoisotopic (exact) mass is 326 g/mol. The largest absolute Gasteiger partial charge is 0.355 e. The molecule has 1 amide bonds. The Labute approximate surface area is 145 Å². The highest BCUT2D eigenvalue weighted by Crippen LogP contribution is 2.12. The summed E-state index contributed by atoms with van der Waals surface area (Å²) in [5.41, 5.74) is 0. The van der Waals surface area contributed by atoms with E-state index in [-0.39, 0.29) is 5.91 Å². The van der Waals surface area contributed by atoms with Crippen molar-refractivity contribution < 1.29 is 4.79 Å². The lowest BCUT2D eigenvalue weighted by Gasteiger charge is -2.10. The average Bonchev–Trinajstić information content (AvgIpc) is 2.51. The van der Waals surface area contributed by atoms with Crippen molar-refractivity contribution in [3.63, 3.8) is 0 Å². The lowest BCUT2D eigenvalue weighted by Crippen LogP contribution is -2.31. The Balaban J connectivity index is 3.11. The second-order valence-corrected chi connectivity index (χ2v) is 7.15. The molecule has 0 aliphatic heterocycles. The van der Waals surface area contributed by atoms with Gasteiger partial charge in [-0.1, -0.05) is 84.0 Å². The topological polar surface area (TPSA) is 32.3 Å². The van der Waals surface area contributed by atoms with Crippen LogP contribution in [0.3, 0.4) is 0 Å². The second-order valence-electron chi connectivity index (χ2n) is 7.15. The van der Waals surface area contributed by atoms with Gasteiger partial charge < -0.3 is 10.2 Å². The molecule has 0 saturated heterocycles. The van der Waals surface area contributed by atoms with Gasteiger partial charge >= 0.3 is 0 Å². The Morgan fingerprint density at radius 1 is 0.739 bits per heavy atom. The first-order chi connectivity index (χ1) is 11.2. The number of hydrogen-bond acceptors (Lipinski definition) is 2. The standard InChI is InChI=1S/C20H42N2O/c1-4-5-6-7-8-9-10-11-12-13-14-15-16-17-20(23)21-18-19-22(2)3/h4-19H2,1-3H3,(H,21,23). The Hall–Kier alpha value is -0.570. The molecule has 3 heteroatoms. The number of likely N-dealkylation sites (N-methyl/N-ethyl adjacent to an activating group) is 1. The number of carbonyl (C=O) groups is 1. The molecule has 0 heterocycles. The van der Waals surface area contributed by atoms with Gasteiger partial charge in [-0.25, -0.2) is 0 Å². The predicted octanol–water partition coefficient (Wildman–Crippen LogP) is 5.15. The lowest BCUT2D eigenvalue weighted by atomic mass is 10.0. The molecule has 0 fully saturated rings. The first-order valence-corrected chi connectivity index (χ1v) is 10.1. The van der Waals surface area contributed by atoms with E-state index in [1.165, 1.54) is 77.0 Å². The Kier molecular flexibility index (Phi) is 17.3. The van der Waals surface area contributed by atoms with Crippen molar-refractivity contribution in [2.24, 2.45) is 0 Å². The van der Waals surface area contributed by atoms with Gasteiger partial charge in [0, 0.05) is 19.5 Å². The quantitative estimate of drug-likeness (QED) is 0.375. The van der Waals surface area contributed by atoms with Crippen molar-refractivity contribution in [3.05, 3.63) is 0 Å². The zero-order valence-corrected chi connectivity index (χ0v) is 16.2. The van der Waals surface area contributed by atoms with Crippen molar-refractivity contribution in [1.82, 2.24) is 10.2 Å². The van der Waals surface area contributed by atoms with Crippen molar-refractivity contribution in [2.45, 2.75) is 96.8 Å². The third-order valence-electron chi connectivity index (χ3n) is 4.39. The van der Waals surface area contributed by atoms with Crippen LogP contribution in [0.25, 0.3) is 0 Å². The first kappa shape index (κ1) is 22.4. The summed E-state index contributed by atoms with van der Waals surface area (Å²) in [4.78, 5) is 13.7. The number of nitrogens with zero attached hydrogens (tertiary/aromatic N) is 1. The van der Waals surface area contributed by atoms with E-state index >= 15 is 0 Å². The number of unbranched alkanes of at least 4 members (excludes halogenated alkanes) is 12. The zero-order valence-electron chi connectivity index (χ0n) is 16.2. The number of carbonyl (C=O) groups excluding carboxylic acids is 1. The maximum absolute atomic E-state index is 11.6. The molecule has 0 aromatic rings.